The Balaban J connectivity index is 2.06. The zero-order chi connectivity index (χ0) is 16.8. The maximum Gasteiger partial charge on any atom is 0.350 e. The lowest BCUT2D eigenvalue weighted by molar-refractivity contribution is 0.0533. The van der Waals surface area contributed by atoms with Gasteiger partial charge in [0, 0.05) is 0 Å². The molecule has 4 aromatic rings. The van der Waals surface area contributed by atoms with Gasteiger partial charge < -0.3 is 16.2 Å². The fraction of sp³-hybridized carbons (Fsp3) is 0.125. The smallest absolute Gasteiger partial charge is 0.350 e. The molecule has 3 aromatic heterocycles. The van der Waals surface area contributed by atoms with Crippen LogP contribution in [0.25, 0.3) is 32.4 Å². The maximum atomic E-state index is 12.0. The van der Waals surface area contributed by atoms with Gasteiger partial charge in [-0.2, -0.15) is 0 Å². The maximum absolute atomic E-state index is 12.0. The number of nitrogen functional groups attached to an aromatic ring is 2. The van der Waals surface area contributed by atoms with E-state index in [0.717, 1.165) is 22.4 Å². The Morgan fingerprint density at radius 3 is 2.54 bits per heavy atom. The molecule has 8 heteroatoms. The van der Waals surface area contributed by atoms with Crippen LogP contribution in [0.4, 0.5) is 11.4 Å². The van der Waals surface area contributed by atoms with Crippen molar-refractivity contribution in [1.29, 1.82) is 0 Å². The second kappa shape index (κ2) is 5.27. The predicted octanol–water partition coefficient (Wildman–Crippen LogP) is 2.73. The molecule has 0 atom stereocenters. The highest BCUT2D eigenvalue weighted by molar-refractivity contribution is 7.21. The van der Waals surface area contributed by atoms with Crippen molar-refractivity contribution in [2.24, 2.45) is 0 Å². The first-order valence-corrected chi connectivity index (χ1v) is 8.13. The molecule has 0 aliphatic heterocycles. The van der Waals surface area contributed by atoms with Crippen LogP contribution in [0.1, 0.15) is 16.6 Å². The second-order valence-electron chi connectivity index (χ2n) is 5.16. The van der Waals surface area contributed by atoms with Gasteiger partial charge in [-0.05, 0) is 19.1 Å². The summed E-state index contributed by atoms with van der Waals surface area (Å²) in [7, 11) is 0. The van der Waals surface area contributed by atoms with E-state index >= 15 is 0 Å². The minimum absolute atomic E-state index is 0.270. The molecule has 0 saturated carbocycles. The van der Waals surface area contributed by atoms with Crippen molar-refractivity contribution in [2.45, 2.75) is 6.92 Å². The molecular weight excluding hydrogens is 326 g/mol. The molecule has 0 saturated heterocycles. The Kier molecular flexibility index (Phi) is 3.20. The van der Waals surface area contributed by atoms with Crippen molar-refractivity contribution in [2.75, 3.05) is 18.1 Å². The number of anilines is 2. The van der Waals surface area contributed by atoms with Crippen LogP contribution in [-0.2, 0) is 4.74 Å². The van der Waals surface area contributed by atoms with Gasteiger partial charge in [0.1, 0.15) is 15.2 Å². The van der Waals surface area contributed by atoms with Crippen molar-refractivity contribution >= 4 is 61.1 Å². The van der Waals surface area contributed by atoms with E-state index in [2.05, 4.69) is 15.0 Å². The number of fused-ring (bicyclic) bond motifs is 3. The minimum atomic E-state index is -0.479. The molecule has 0 amide bonds. The lowest BCUT2D eigenvalue weighted by Crippen LogP contribution is -2.05. The fourth-order valence-electron chi connectivity index (χ4n) is 2.58. The molecule has 1 aromatic carbocycles. The topological polar surface area (TPSA) is 117 Å². The average molecular weight is 339 g/mol. The first-order chi connectivity index (χ1) is 11.6. The summed E-state index contributed by atoms with van der Waals surface area (Å²) in [5.74, 6) is -0.479. The van der Waals surface area contributed by atoms with Crippen LogP contribution in [0, 0.1) is 0 Å². The second-order valence-corrected chi connectivity index (χ2v) is 6.15. The number of thiophene rings is 1. The van der Waals surface area contributed by atoms with Gasteiger partial charge in [0.25, 0.3) is 0 Å². The number of benzene rings is 1. The van der Waals surface area contributed by atoms with E-state index in [-0.39, 0.29) is 12.3 Å². The van der Waals surface area contributed by atoms with E-state index in [1.54, 1.807) is 6.92 Å². The largest absolute Gasteiger partial charge is 0.462 e. The number of carbonyl (C=O) groups is 1. The van der Waals surface area contributed by atoms with Crippen LogP contribution >= 0.6 is 11.3 Å². The van der Waals surface area contributed by atoms with E-state index < -0.39 is 5.97 Å². The molecular formula is C16H13N5O2S. The number of ether oxygens (including phenoxy) is 1. The monoisotopic (exact) mass is 339 g/mol. The van der Waals surface area contributed by atoms with Crippen LogP contribution in [-0.4, -0.2) is 27.5 Å². The molecule has 0 radical (unpaired) electrons. The van der Waals surface area contributed by atoms with E-state index in [9.17, 15) is 4.79 Å². The molecule has 24 heavy (non-hydrogen) atoms. The van der Waals surface area contributed by atoms with Crippen molar-refractivity contribution in [3.8, 4) is 0 Å². The highest BCUT2D eigenvalue weighted by Gasteiger charge is 2.22. The molecule has 0 aliphatic rings. The lowest BCUT2D eigenvalue weighted by atomic mass is 10.2. The third kappa shape index (κ3) is 2.04. The first kappa shape index (κ1) is 14.6. The van der Waals surface area contributed by atoms with Crippen molar-refractivity contribution in [3.05, 3.63) is 29.1 Å². The summed E-state index contributed by atoms with van der Waals surface area (Å²) in [6.45, 7) is 2.01. The van der Waals surface area contributed by atoms with Crippen molar-refractivity contribution in [3.63, 3.8) is 0 Å². The van der Waals surface area contributed by atoms with Gasteiger partial charge in [0.05, 0.1) is 34.4 Å². The highest BCUT2D eigenvalue weighted by atomic mass is 32.1. The Hall–Kier alpha value is -3.00. The van der Waals surface area contributed by atoms with Crippen LogP contribution in [0.5, 0.6) is 0 Å². The summed E-state index contributed by atoms with van der Waals surface area (Å²) in [4.78, 5) is 26.4. The number of hydrogen-bond acceptors (Lipinski definition) is 8. The van der Waals surface area contributed by atoms with E-state index in [0.29, 0.717) is 31.9 Å². The number of nitrogens with zero attached hydrogens (tertiary/aromatic N) is 3. The van der Waals surface area contributed by atoms with Gasteiger partial charge >= 0.3 is 5.97 Å². The SMILES string of the molecule is CCOC(=O)c1sc2nc3nc4ccccc4nc3c(N)c2c1N. The quantitative estimate of drug-likeness (QED) is 0.426. The predicted molar refractivity (Wildman–Crippen MR) is 95.0 cm³/mol. The van der Waals surface area contributed by atoms with E-state index in [4.69, 9.17) is 16.2 Å². The van der Waals surface area contributed by atoms with Crippen molar-refractivity contribution < 1.29 is 9.53 Å². The van der Waals surface area contributed by atoms with E-state index in [1.807, 2.05) is 24.3 Å². The molecule has 0 fully saturated rings. The molecule has 0 bridgehead atoms. The van der Waals surface area contributed by atoms with E-state index in [1.165, 1.54) is 0 Å². The summed E-state index contributed by atoms with van der Waals surface area (Å²) < 4.78 is 5.03. The molecule has 0 spiro atoms. The number of carbonyl (C=O) groups excluding carboxylic acids is 1. The number of nitrogens with two attached hydrogens (primary N) is 2. The summed E-state index contributed by atoms with van der Waals surface area (Å²) in [6.07, 6.45) is 0. The van der Waals surface area contributed by atoms with Gasteiger partial charge in [-0.25, -0.2) is 19.7 Å². The van der Waals surface area contributed by atoms with Gasteiger partial charge in [-0.1, -0.05) is 12.1 Å². The highest BCUT2D eigenvalue weighted by Crippen LogP contribution is 2.39. The van der Waals surface area contributed by atoms with Gasteiger partial charge in [-0.15, -0.1) is 11.3 Å². The molecule has 4 rings (SSSR count). The number of rotatable bonds is 2. The minimum Gasteiger partial charge on any atom is -0.462 e. The zero-order valence-electron chi connectivity index (χ0n) is 12.7. The zero-order valence-corrected chi connectivity index (χ0v) is 13.6. The van der Waals surface area contributed by atoms with Crippen LogP contribution < -0.4 is 11.5 Å². The summed E-state index contributed by atoms with van der Waals surface area (Å²) in [5, 5.41) is 0.528. The van der Waals surface area contributed by atoms with Gasteiger partial charge in [-0.3, -0.25) is 0 Å². The number of pyridine rings is 1. The van der Waals surface area contributed by atoms with Crippen molar-refractivity contribution in [1.82, 2.24) is 15.0 Å². The normalized spacial score (nSPS) is 11.4. The fourth-order valence-corrected chi connectivity index (χ4v) is 3.58. The molecule has 0 aliphatic carbocycles. The third-order valence-electron chi connectivity index (χ3n) is 3.67. The Morgan fingerprint density at radius 2 is 1.83 bits per heavy atom. The van der Waals surface area contributed by atoms with Crippen LogP contribution in [0.2, 0.25) is 0 Å². The van der Waals surface area contributed by atoms with Gasteiger partial charge in [0.15, 0.2) is 5.65 Å². The molecule has 4 N–H and O–H groups in total. The standard InChI is InChI=1S/C16H13N5O2S/c1-2-23-16(22)13-11(18)9-10(17)12-14(21-15(9)24-13)20-8-6-4-3-5-7(8)19-12/h3-6H,2,18H2,1H3,(H2,17,20,21). The Labute approximate surface area is 140 Å². The Morgan fingerprint density at radius 1 is 1.12 bits per heavy atom. The molecule has 0 unspecified atom stereocenters. The van der Waals surface area contributed by atoms with Crippen LogP contribution in [0.15, 0.2) is 24.3 Å². The average Bonchev–Trinajstić information content (AvgIpc) is 2.91. The number of esters is 1. The lowest BCUT2D eigenvalue weighted by Gasteiger charge is -2.05. The molecule has 120 valence electrons. The summed E-state index contributed by atoms with van der Waals surface area (Å²) in [5.41, 5.74) is 15.4. The molecule has 7 nitrogen and oxygen atoms in total. The third-order valence-corrected chi connectivity index (χ3v) is 4.75. The summed E-state index contributed by atoms with van der Waals surface area (Å²) in [6, 6.07) is 7.47. The number of hydrogen-bond donors (Lipinski definition) is 2. The van der Waals surface area contributed by atoms with Gasteiger partial charge in [0.2, 0.25) is 0 Å². The first-order valence-electron chi connectivity index (χ1n) is 7.31. The van der Waals surface area contributed by atoms with Crippen LogP contribution in [0.3, 0.4) is 0 Å². The summed E-state index contributed by atoms with van der Waals surface area (Å²) >= 11 is 1.15. The number of para-hydroxylation sites is 2. The Bertz CT molecular complexity index is 1120. The molecule has 3 heterocycles. The number of aromatic nitrogens is 3.